The second kappa shape index (κ2) is 9.19. The summed E-state index contributed by atoms with van der Waals surface area (Å²) in [5, 5.41) is 7.97. The summed E-state index contributed by atoms with van der Waals surface area (Å²) in [5.41, 5.74) is 0.832. The number of ether oxygens (including phenoxy) is 1. The predicted molar refractivity (Wildman–Crippen MR) is 92.0 cm³/mol. The average Bonchev–Trinajstić information content (AvgIpc) is 3.02. The Morgan fingerprint density at radius 1 is 1.29 bits per heavy atom. The summed E-state index contributed by atoms with van der Waals surface area (Å²) >= 11 is 4.32. The molecule has 10 heteroatoms. The zero-order valence-electron chi connectivity index (χ0n) is 12.9. The van der Waals surface area contributed by atoms with Crippen LogP contribution in [0.3, 0.4) is 0 Å². The topological polar surface area (TPSA) is 55.3 Å². The van der Waals surface area contributed by atoms with Crippen molar-refractivity contribution in [2.24, 2.45) is 0 Å². The molecule has 0 aliphatic rings. The zero-order valence-corrected chi connectivity index (χ0v) is 15.4. The molecule has 0 spiro atoms. The summed E-state index contributed by atoms with van der Waals surface area (Å²) in [7, 11) is 1.69. The van der Waals surface area contributed by atoms with E-state index in [1.807, 2.05) is 6.26 Å². The van der Waals surface area contributed by atoms with Gasteiger partial charge < -0.3 is 9.64 Å². The molecule has 130 valence electrons. The number of halogens is 2. The van der Waals surface area contributed by atoms with Gasteiger partial charge in [-0.15, -0.1) is 10.2 Å². The minimum Gasteiger partial charge on any atom is -0.435 e. The van der Waals surface area contributed by atoms with Crippen molar-refractivity contribution in [2.75, 3.05) is 19.1 Å². The smallest absolute Gasteiger partial charge is 0.387 e. The molecule has 2 rings (SSSR count). The summed E-state index contributed by atoms with van der Waals surface area (Å²) in [6.07, 6.45) is 1.92. The lowest BCUT2D eigenvalue weighted by molar-refractivity contribution is -0.127. The van der Waals surface area contributed by atoms with E-state index in [9.17, 15) is 13.6 Å². The van der Waals surface area contributed by atoms with Gasteiger partial charge in [0.15, 0.2) is 8.68 Å². The maximum atomic E-state index is 12.1. The molecule has 0 N–H and O–H groups in total. The second-order valence-electron chi connectivity index (χ2n) is 4.60. The summed E-state index contributed by atoms with van der Waals surface area (Å²) in [6, 6.07) is 6.23. The van der Waals surface area contributed by atoms with Crippen LogP contribution in [0.25, 0.3) is 0 Å². The van der Waals surface area contributed by atoms with Crippen molar-refractivity contribution in [3.63, 3.8) is 0 Å². The Balaban J connectivity index is 1.82. The zero-order chi connectivity index (χ0) is 17.5. The molecule has 0 atom stereocenters. The van der Waals surface area contributed by atoms with Gasteiger partial charge in [0.1, 0.15) is 5.75 Å². The fourth-order valence-corrected chi connectivity index (χ4v) is 4.09. The Hall–Kier alpha value is -1.39. The highest BCUT2D eigenvalue weighted by atomic mass is 32.2. The summed E-state index contributed by atoms with van der Waals surface area (Å²) < 4.78 is 30.1. The van der Waals surface area contributed by atoms with E-state index in [-0.39, 0.29) is 17.4 Å². The van der Waals surface area contributed by atoms with Crippen LogP contribution in [0.15, 0.2) is 32.9 Å². The van der Waals surface area contributed by atoms with E-state index in [1.54, 1.807) is 24.1 Å². The van der Waals surface area contributed by atoms with Crippen LogP contribution in [-0.2, 0) is 11.3 Å². The molecule has 1 amide bonds. The number of benzene rings is 1. The Morgan fingerprint density at radius 2 is 1.96 bits per heavy atom. The molecule has 0 saturated heterocycles. The molecule has 24 heavy (non-hydrogen) atoms. The van der Waals surface area contributed by atoms with E-state index in [2.05, 4.69) is 14.9 Å². The van der Waals surface area contributed by atoms with Crippen LogP contribution >= 0.6 is 34.9 Å². The normalized spacial score (nSPS) is 10.9. The Kier molecular flexibility index (Phi) is 7.25. The molecule has 2 aromatic rings. The summed E-state index contributed by atoms with van der Waals surface area (Å²) in [6.45, 7) is -2.45. The van der Waals surface area contributed by atoms with Gasteiger partial charge in [0.05, 0.1) is 5.75 Å². The first kappa shape index (κ1) is 18.9. The number of thioether (sulfide) groups is 2. The fourth-order valence-electron chi connectivity index (χ4n) is 1.71. The lowest BCUT2D eigenvalue weighted by Crippen LogP contribution is -2.27. The van der Waals surface area contributed by atoms with Gasteiger partial charge in [-0.1, -0.05) is 47.0 Å². The van der Waals surface area contributed by atoms with Gasteiger partial charge in [-0.3, -0.25) is 4.79 Å². The van der Waals surface area contributed by atoms with E-state index >= 15 is 0 Å². The van der Waals surface area contributed by atoms with Gasteiger partial charge in [0, 0.05) is 13.6 Å². The SMILES string of the molecule is CSc1nnc(SCC(=O)N(C)Cc2ccc(OC(F)F)cc2)s1. The van der Waals surface area contributed by atoms with Crippen molar-refractivity contribution >= 4 is 40.8 Å². The van der Waals surface area contributed by atoms with Crippen molar-refractivity contribution in [3.8, 4) is 5.75 Å². The van der Waals surface area contributed by atoms with Gasteiger partial charge in [-0.2, -0.15) is 8.78 Å². The summed E-state index contributed by atoms with van der Waals surface area (Å²) in [5.74, 6) is 0.319. The molecule has 1 aromatic carbocycles. The third kappa shape index (κ3) is 5.91. The van der Waals surface area contributed by atoms with E-state index in [4.69, 9.17) is 0 Å². The standard InChI is InChI=1S/C14H15F2N3O2S3/c1-19(7-9-3-5-10(6-4-9)21-12(15)16)11(20)8-23-14-18-17-13(22-2)24-14/h3-6,12H,7-8H2,1-2H3. The largest absolute Gasteiger partial charge is 0.435 e. The van der Waals surface area contributed by atoms with Crippen LogP contribution in [0.2, 0.25) is 0 Å². The van der Waals surface area contributed by atoms with Gasteiger partial charge in [0.25, 0.3) is 0 Å². The maximum Gasteiger partial charge on any atom is 0.387 e. The third-order valence-corrected chi connectivity index (χ3v) is 5.89. The highest BCUT2D eigenvalue weighted by Crippen LogP contribution is 2.27. The van der Waals surface area contributed by atoms with Crippen LogP contribution in [-0.4, -0.2) is 46.7 Å². The predicted octanol–water partition coefficient (Wildman–Crippen LogP) is 3.61. The van der Waals surface area contributed by atoms with Crippen molar-refractivity contribution in [2.45, 2.75) is 21.8 Å². The van der Waals surface area contributed by atoms with Gasteiger partial charge >= 0.3 is 6.61 Å². The number of carbonyl (C=O) groups excluding carboxylic acids is 1. The highest BCUT2D eigenvalue weighted by molar-refractivity contribution is 8.03. The molecule has 0 fully saturated rings. The van der Waals surface area contributed by atoms with Crippen LogP contribution in [0.5, 0.6) is 5.75 Å². The quantitative estimate of drug-likeness (QED) is 0.641. The molecule has 0 unspecified atom stereocenters. The van der Waals surface area contributed by atoms with E-state index in [0.29, 0.717) is 6.54 Å². The monoisotopic (exact) mass is 391 g/mol. The number of aromatic nitrogens is 2. The maximum absolute atomic E-state index is 12.1. The highest BCUT2D eigenvalue weighted by Gasteiger charge is 2.12. The number of alkyl halides is 2. The molecular formula is C14H15F2N3O2S3. The van der Waals surface area contributed by atoms with E-state index < -0.39 is 6.61 Å². The number of rotatable bonds is 8. The van der Waals surface area contributed by atoms with Crippen molar-refractivity contribution in [1.82, 2.24) is 15.1 Å². The van der Waals surface area contributed by atoms with Crippen LogP contribution < -0.4 is 4.74 Å². The van der Waals surface area contributed by atoms with Crippen LogP contribution in [0.4, 0.5) is 8.78 Å². The third-order valence-electron chi connectivity index (χ3n) is 2.88. The average molecular weight is 391 g/mol. The number of hydrogen-bond acceptors (Lipinski definition) is 7. The molecule has 0 bridgehead atoms. The number of hydrogen-bond donors (Lipinski definition) is 0. The molecule has 0 radical (unpaired) electrons. The number of carbonyl (C=O) groups is 1. The molecule has 1 aromatic heterocycles. The van der Waals surface area contributed by atoms with Crippen LogP contribution in [0.1, 0.15) is 5.56 Å². The molecule has 5 nitrogen and oxygen atoms in total. The van der Waals surface area contributed by atoms with Crippen molar-refractivity contribution in [3.05, 3.63) is 29.8 Å². The van der Waals surface area contributed by atoms with E-state index in [0.717, 1.165) is 14.2 Å². The second-order valence-corrected chi connectivity index (χ2v) is 7.85. The van der Waals surface area contributed by atoms with Crippen LogP contribution in [0, 0.1) is 0 Å². The minimum absolute atomic E-state index is 0.0474. The van der Waals surface area contributed by atoms with Crippen molar-refractivity contribution < 1.29 is 18.3 Å². The molecule has 0 saturated carbocycles. The lowest BCUT2D eigenvalue weighted by atomic mass is 10.2. The van der Waals surface area contributed by atoms with Crippen molar-refractivity contribution in [1.29, 1.82) is 0 Å². The Labute approximate surface area is 150 Å². The molecule has 1 heterocycles. The molecular weight excluding hydrogens is 376 g/mol. The van der Waals surface area contributed by atoms with Gasteiger partial charge in [-0.25, -0.2) is 0 Å². The Bertz CT molecular complexity index is 668. The fraction of sp³-hybridized carbons (Fsp3) is 0.357. The minimum atomic E-state index is -2.84. The van der Waals surface area contributed by atoms with E-state index in [1.165, 1.54) is 47.0 Å². The van der Waals surface area contributed by atoms with Gasteiger partial charge in [0.2, 0.25) is 5.91 Å². The lowest BCUT2D eigenvalue weighted by Gasteiger charge is -2.17. The number of amides is 1. The first-order chi connectivity index (χ1) is 11.5. The Morgan fingerprint density at radius 3 is 2.54 bits per heavy atom. The summed E-state index contributed by atoms with van der Waals surface area (Å²) in [4.78, 5) is 13.7. The number of nitrogens with zero attached hydrogens (tertiary/aromatic N) is 3. The first-order valence-electron chi connectivity index (χ1n) is 6.76. The van der Waals surface area contributed by atoms with Gasteiger partial charge in [-0.05, 0) is 24.0 Å². The first-order valence-corrected chi connectivity index (χ1v) is 9.78. The molecule has 0 aliphatic heterocycles. The molecule has 0 aliphatic carbocycles.